The lowest BCUT2D eigenvalue weighted by molar-refractivity contribution is -0.153. The van der Waals surface area contributed by atoms with Crippen LogP contribution >= 0.6 is 0 Å². The highest BCUT2D eigenvalue weighted by molar-refractivity contribution is 5.70. The van der Waals surface area contributed by atoms with Crippen molar-refractivity contribution in [2.75, 3.05) is 13.2 Å². The van der Waals surface area contributed by atoms with Crippen molar-refractivity contribution >= 4 is 5.97 Å². The first-order valence-electron chi connectivity index (χ1n) is 6.58. The van der Waals surface area contributed by atoms with Gasteiger partial charge in [0.05, 0.1) is 24.8 Å². The first kappa shape index (κ1) is 12.6. The summed E-state index contributed by atoms with van der Waals surface area (Å²) in [5.41, 5.74) is 2.79. The summed E-state index contributed by atoms with van der Waals surface area (Å²) in [6.07, 6.45) is 1.92. The Balaban J connectivity index is 1.87. The third kappa shape index (κ3) is 2.24. The number of aryl methyl sites for hydroxylation is 1. The number of carboxylic acids is 1. The Morgan fingerprint density at radius 2 is 2.16 bits per heavy atom. The second-order valence-electron chi connectivity index (χ2n) is 5.22. The van der Waals surface area contributed by atoms with E-state index < -0.39 is 11.8 Å². The summed E-state index contributed by atoms with van der Waals surface area (Å²) >= 11 is 0. The molecule has 1 aliphatic carbocycles. The summed E-state index contributed by atoms with van der Waals surface area (Å²) in [4.78, 5) is 15.6. The molecule has 1 N–H and O–H groups in total. The van der Waals surface area contributed by atoms with Crippen molar-refractivity contribution in [1.82, 2.24) is 4.98 Å². The molecule has 3 rings (SSSR count). The average molecular weight is 263 g/mol. The van der Waals surface area contributed by atoms with E-state index in [0.29, 0.717) is 32.5 Å². The first-order chi connectivity index (χ1) is 9.08. The van der Waals surface area contributed by atoms with Gasteiger partial charge in [-0.25, -0.2) is 0 Å². The van der Waals surface area contributed by atoms with Gasteiger partial charge in [0.15, 0.2) is 0 Å². The van der Waals surface area contributed by atoms with Gasteiger partial charge in [0.2, 0.25) is 5.79 Å². The molecule has 1 atom stereocenters. The summed E-state index contributed by atoms with van der Waals surface area (Å²) in [5, 5.41) is 9.07. The molecular formula is C14H17NO4. The predicted octanol–water partition coefficient (Wildman–Crippen LogP) is 1.49. The zero-order valence-corrected chi connectivity index (χ0v) is 10.9. The molecule has 0 bridgehead atoms. The molecule has 1 aliphatic heterocycles. The van der Waals surface area contributed by atoms with Gasteiger partial charge in [-0.1, -0.05) is 6.07 Å². The molecule has 1 saturated heterocycles. The van der Waals surface area contributed by atoms with Crippen LogP contribution in [0.3, 0.4) is 0 Å². The van der Waals surface area contributed by atoms with Crippen LogP contribution < -0.4 is 0 Å². The van der Waals surface area contributed by atoms with Crippen molar-refractivity contribution in [3.8, 4) is 0 Å². The SMILES string of the molecule is CC1(c2ccc3c(n2)CCC(C(=O)O)C3)OCCO1. The summed E-state index contributed by atoms with van der Waals surface area (Å²) < 4.78 is 11.2. The highest BCUT2D eigenvalue weighted by atomic mass is 16.7. The normalized spacial score (nSPS) is 25.0. The standard InChI is InChI=1S/C14H17NO4/c1-14(18-6-7-19-14)12-5-3-9-8-10(13(16)17)2-4-11(9)15-12/h3,5,10H,2,4,6-8H2,1H3,(H,16,17). The second kappa shape index (κ2) is 4.58. The molecule has 2 heterocycles. The molecule has 102 valence electrons. The lowest BCUT2D eigenvalue weighted by Crippen LogP contribution is -2.27. The minimum Gasteiger partial charge on any atom is -0.481 e. The van der Waals surface area contributed by atoms with Crippen molar-refractivity contribution in [3.63, 3.8) is 0 Å². The molecule has 1 aromatic rings. The smallest absolute Gasteiger partial charge is 0.306 e. The van der Waals surface area contributed by atoms with Gasteiger partial charge >= 0.3 is 5.97 Å². The minimum absolute atomic E-state index is 0.283. The predicted molar refractivity (Wildman–Crippen MR) is 66.6 cm³/mol. The fraction of sp³-hybridized carbons (Fsp3) is 0.571. The van der Waals surface area contributed by atoms with Gasteiger partial charge in [-0.2, -0.15) is 0 Å². The van der Waals surface area contributed by atoms with E-state index in [-0.39, 0.29) is 5.92 Å². The van der Waals surface area contributed by atoms with Gasteiger partial charge in [0.1, 0.15) is 0 Å². The Kier molecular flexibility index (Phi) is 3.03. The molecule has 0 saturated carbocycles. The molecule has 0 aromatic carbocycles. The lowest BCUT2D eigenvalue weighted by atomic mass is 9.86. The highest BCUT2D eigenvalue weighted by Crippen LogP contribution is 2.32. The Morgan fingerprint density at radius 1 is 1.42 bits per heavy atom. The largest absolute Gasteiger partial charge is 0.481 e. The van der Waals surface area contributed by atoms with Crippen LogP contribution in [0.15, 0.2) is 12.1 Å². The summed E-state index contributed by atoms with van der Waals surface area (Å²) in [7, 11) is 0. The van der Waals surface area contributed by atoms with Gasteiger partial charge in [0.25, 0.3) is 0 Å². The number of aliphatic carboxylic acids is 1. The number of hydrogen-bond donors (Lipinski definition) is 1. The number of fused-ring (bicyclic) bond motifs is 1. The zero-order valence-electron chi connectivity index (χ0n) is 10.9. The topological polar surface area (TPSA) is 68.7 Å². The molecule has 1 aromatic heterocycles. The van der Waals surface area contributed by atoms with Crippen LogP contribution in [0.1, 0.15) is 30.3 Å². The van der Waals surface area contributed by atoms with Crippen LogP contribution in [0.5, 0.6) is 0 Å². The van der Waals surface area contributed by atoms with Crippen LogP contribution in [-0.2, 0) is 32.9 Å². The van der Waals surface area contributed by atoms with Gasteiger partial charge in [-0.3, -0.25) is 9.78 Å². The van der Waals surface area contributed by atoms with Gasteiger partial charge in [-0.05, 0) is 37.8 Å². The number of ether oxygens (including phenoxy) is 2. The summed E-state index contributed by atoms with van der Waals surface area (Å²) in [5.74, 6) is -1.75. The third-order valence-corrected chi connectivity index (χ3v) is 3.92. The minimum atomic E-state index is -0.751. The monoisotopic (exact) mass is 263 g/mol. The van der Waals surface area contributed by atoms with Crippen LogP contribution in [0, 0.1) is 5.92 Å². The second-order valence-corrected chi connectivity index (χ2v) is 5.22. The van der Waals surface area contributed by atoms with E-state index in [1.807, 2.05) is 19.1 Å². The lowest BCUT2D eigenvalue weighted by Gasteiger charge is -2.25. The molecule has 0 spiro atoms. The summed E-state index contributed by atoms with van der Waals surface area (Å²) in [6, 6.07) is 3.84. The Hall–Kier alpha value is -1.46. The molecule has 5 nitrogen and oxygen atoms in total. The van der Waals surface area contributed by atoms with E-state index >= 15 is 0 Å². The van der Waals surface area contributed by atoms with Crippen molar-refractivity contribution in [2.45, 2.75) is 32.0 Å². The molecule has 5 heteroatoms. The number of nitrogens with zero attached hydrogens (tertiary/aromatic N) is 1. The quantitative estimate of drug-likeness (QED) is 0.875. The molecule has 19 heavy (non-hydrogen) atoms. The number of carbonyl (C=O) groups is 1. The third-order valence-electron chi connectivity index (χ3n) is 3.92. The van der Waals surface area contributed by atoms with Crippen LogP contribution in [0.25, 0.3) is 0 Å². The van der Waals surface area contributed by atoms with Crippen LogP contribution in [0.2, 0.25) is 0 Å². The maximum absolute atomic E-state index is 11.0. The van der Waals surface area contributed by atoms with Crippen molar-refractivity contribution in [2.24, 2.45) is 5.92 Å². The highest BCUT2D eigenvalue weighted by Gasteiger charge is 2.35. The van der Waals surface area contributed by atoms with E-state index in [9.17, 15) is 4.79 Å². The molecule has 1 fully saturated rings. The van der Waals surface area contributed by atoms with E-state index in [2.05, 4.69) is 4.98 Å². The van der Waals surface area contributed by atoms with E-state index in [1.54, 1.807) is 0 Å². The number of carboxylic acid groups (broad SMARTS) is 1. The van der Waals surface area contributed by atoms with Crippen molar-refractivity contribution < 1.29 is 19.4 Å². The molecule has 2 aliphatic rings. The maximum atomic E-state index is 11.0. The molecular weight excluding hydrogens is 246 g/mol. The van der Waals surface area contributed by atoms with E-state index in [1.165, 1.54) is 0 Å². The van der Waals surface area contributed by atoms with Crippen LogP contribution in [0.4, 0.5) is 0 Å². The fourth-order valence-corrected chi connectivity index (χ4v) is 2.74. The fourth-order valence-electron chi connectivity index (χ4n) is 2.74. The van der Waals surface area contributed by atoms with Crippen LogP contribution in [-0.4, -0.2) is 29.3 Å². The first-order valence-corrected chi connectivity index (χ1v) is 6.58. The van der Waals surface area contributed by atoms with Crippen molar-refractivity contribution in [3.05, 3.63) is 29.1 Å². The Labute approximate surface area is 111 Å². The number of hydrogen-bond acceptors (Lipinski definition) is 4. The molecule has 0 radical (unpaired) electrons. The number of rotatable bonds is 2. The Morgan fingerprint density at radius 3 is 2.84 bits per heavy atom. The van der Waals surface area contributed by atoms with Crippen molar-refractivity contribution in [1.29, 1.82) is 0 Å². The van der Waals surface area contributed by atoms with E-state index in [4.69, 9.17) is 14.6 Å². The number of aromatic nitrogens is 1. The van der Waals surface area contributed by atoms with E-state index in [0.717, 1.165) is 17.0 Å². The maximum Gasteiger partial charge on any atom is 0.306 e. The Bertz CT molecular complexity index is 508. The summed E-state index contributed by atoms with van der Waals surface area (Å²) in [6.45, 7) is 3.03. The molecule has 0 amide bonds. The zero-order chi connectivity index (χ0) is 13.5. The van der Waals surface area contributed by atoms with Gasteiger partial charge in [-0.15, -0.1) is 0 Å². The number of pyridine rings is 1. The van der Waals surface area contributed by atoms with Gasteiger partial charge < -0.3 is 14.6 Å². The van der Waals surface area contributed by atoms with Gasteiger partial charge in [0, 0.05) is 5.69 Å². The average Bonchev–Trinajstić information content (AvgIpc) is 2.85. The molecule has 1 unspecified atom stereocenters.